The number of nitrogens with one attached hydrogen (secondary N) is 3. The molecule has 0 bridgehead atoms. The minimum Gasteiger partial charge on any atom is -0.455 e. The summed E-state index contributed by atoms with van der Waals surface area (Å²) in [5.41, 5.74) is 5.63. The Morgan fingerprint density at radius 1 is 1.07 bits per heavy atom. The lowest BCUT2D eigenvalue weighted by molar-refractivity contribution is -0.384. The molecule has 2 aromatic carbocycles. The van der Waals surface area contributed by atoms with Crippen LogP contribution in [0.5, 0.6) is 11.5 Å². The van der Waals surface area contributed by atoms with E-state index >= 15 is 0 Å². The predicted molar refractivity (Wildman–Crippen MR) is 230 cm³/mol. The third-order valence-electron chi connectivity index (χ3n) is 13.9. The molecule has 4 heterocycles. The van der Waals surface area contributed by atoms with Crippen LogP contribution in [0, 0.1) is 38.7 Å². The molecule has 2 saturated carbocycles. The van der Waals surface area contributed by atoms with Crippen LogP contribution < -0.4 is 19.7 Å². The molecule has 15 heteroatoms. The SMILES string of the molecule is C[C@H]1CC2(C3=C(CN4CCN(c5ccc(C(=O)NS(=O)(=O)c6ccc(NCC7CCOCC7)c([N+](=O)[O-])c6)c(Oc6cnc7[nH]ccc7c6)c5)CC4)CCC(C)(C)C3)CC12. The predicted octanol–water partition coefficient (Wildman–Crippen LogP) is 7.90. The van der Waals surface area contributed by atoms with E-state index in [2.05, 4.69) is 50.6 Å². The van der Waals surface area contributed by atoms with E-state index in [4.69, 9.17) is 9.47 Å². The average Bonchev–Trinajstić information content (AvgIpc) is 3.59. The standard InChI is InChI=1S/C45H55N7O7S/c1-29-23-45(25-37(29)45)38-24-44(2,3)12-8-32(38)28-50-14-16-51(17-15-50)33-4-6-36(41(21-33)59-34-20-31-9-13-46-42(31)48-27-34)43(53)49-60(56,57)35-5-7-39(40(22-35)52(54)55)47-26-30-10-18-58-19-11-30/h4-7,9,13,20-22,27,29-30,37,47H,8,10-12,14-19,23-26,28H2,1-3H3,(H,46,48)(H,49,53)/t29-,37?,45?/m0/s1. The van der Waals surface area contributed by atoms with Gasteiger partial charge >= 0.3 is 0 Å². The Labute approximate surface area is 351 Å². The Morgan fingerprint density at radius 3 is 2.60 bits per heavy atom. The van der Waals surface area contributed by atoms with E-state index in [9.17, 15) is 23.3 Å². The highest BCUT2D eigenvalue weighted by atomic mass is 32.2. The molecule has 3 atom stereocenters. The number of carbonyl (C=O) groups is 1. The molecule has 2 aliphatic heterocycles. The van der Waals surface area contributed by atoms with Crippen molar-refractivity contribution in [2.24, 2.45) is 28.6 Å². The number of aromatic amines is 1. The van der Waals surface area contributed by atoms with Gasteiger partial charge in [0.1, 0.15) is 22.8 Å². The van der Waals surface area contributed by atoms with Crippen molar-refractivity contribution in [1.82, 2.24) is 19.6 Å². The third-order valence-corrected chi connectivity index (χ3v) is 15.2. The number of allylic oxidation sites excluding steroid dienone is 1. The van der Waals surface area contributed by atoms with Crippen LogP contribution in [-0.4, -0.2) is 86.6 Å². The Hall–Kier alpha value is -4.99. The Balaban J connectivity index is 0.923. The van der Waals surface area contributed by atoms with Gasteiger partial charge in [0.2, 0.25) is 0 Å². The van der Waals surface area contributed by atoms with Crippen LogP contribution in [0.4, 0.5) is 17.1 Å². The summed E-state index contributed by atoms with van der Waals surface area (Å²) in [7, 11) is -4.53. The van der Waals surface area contributed by atoms with Gasteiger partial charge in [0.05, 0.1) is 21.6 Å². The smallest absolute Gasteiger partial charge is 0.293 e. The molecule has 60 heavy (non-hydrogen) atoms. The molecule has 1 amide bonds. The van der Waals surface area contributed by atoms with Crippen LogP contribution in [0.25, 0.3) is 11.0 Å². The van der Waals surface area contributed by atoms with Gasteiger partial charge in [-0.1, -0.05) is 31.9 Å². The normalized spacial score (nSPS) is 24.4. The summed E-state index contributed by atoms with van der Waals surface area (Å²) >= 11 is 0. The first-order chi connectivity index (χ1) is 28.8. The van der Waals surface area contributed by atoms with E-state index < -0.39 is 31.4 Å². The van der Waals surface area contributed by atoms with Gasteiger partial charge in [0, 0.05) is 81.9 Å². The number of rotatable bonds is 13. The second-order valence-corrected chi connectivity index (χ2v) is 20.2. The van der Waals surface area contributed by atoms with Crippen molar-refractivity contribution in [3.8, 4) is 11.5 Å². The van der Waals surface area contributed by atoms with Gasteiger partial charge in [-0.15, -0.1) is 0 Å². The number of ether oxygens (including phenoxy) is 2. The number of hydrogen-bond acceptors (Lipinski definition) is 11. The molecule has 0 spiro atoms. The minimum absolute atomic E-state index is 0.0119. The van der Waals surface area contributed by atoms with E-state index in [0.717, 1.165) is 74.5 Å². The van der Waals surface area contributed by atoms with Crippen LogP contribution in [0.1, 0.15) is 76.1 Å². The van der Waals surface area contributed by atoms with Crippen molar-refractivity contribution in [3.05, 3.63) is 87.7 Å². The van der Waals surface area contributed by atoms with Gasteiger partial charge in [-0.3, -0.25) is 19.8 Å². The molecule has 2 unspecified atom stereocenters. The second kappa shape index (κ2) is 15.8. The number of hydrogen-bond donors (Lipinski definition) is 3. The zero-order valence-electron chi connectivity index (χ0n) is 34.7. The van der Waals surface area contributed by atoms with Crippen molar-refractivity contribution < 1.29 is 27.6 Å². The van der Waals surface area contributed by atoms with Crippen LogP contribution in [0.15, 0.2) is 77.0 Å². The number of H-pyrrole nitrogens is 1. The number of nitrogens with zero attached hydrogens (tertiary/aromatic N) is 4. The summed E-state index contributed by atoms with van der Waals surface area (Å²) in [5, 5.41) is 16.0. The Kier molecular flexibility index (Phi) is 10.6. The number of carbonyl (C=O) groups excluding carboxylic acids is 1. The number of amides is 1. The number of piperazine rings is 1. The van der Waals surface area contributed by atoms with Crippen molar-refractivity contribution in [1.29, 1.82) is 0 Å². The lowest BCUT2D eigenvalue weighted by atomic mass is 9.63. The zero-order valence-corrected chi connectivity index (χ0v) is 35.5. The minimum atomic E-state index is -4.53. The zero-order chi connectivity index (χ0) is 41.8. The molecule has 4 fully saturated rings. The largest absolute Gasteiger partial charge is 0.455 e. The van der Waals surface area contributed by atoms with Gasteiger partial charge in [-0.25, -0.2) is 18.1 Å². The van der Waals surface area contributed by atoms with E-state index in [1.165, 1.54) is 44.2 Å². The van der Waals surface area contributed by atoms with E-state index in [1.807, 2.05) is 12.1 Å². The van der Waals surface area contributed by atoms with Crippen molar-refractivity contribution in [2.45, 2.75) is 70.6 Å². The molecule has 318 valence electrons. The van der Waals surface area contributed by atoms with Gasteiger partial charge in [-0.05, 0) is 110 Å². The lowest BCUT2D eigenvalue weighted by Crippen LogP contribution is -2.47. The topological polar surface area (TPSA) is 172 Å². The number of nitro benzene ring substituents is 1. The van der Waals surface area contributed by atoms with Gasteiger partial charge in [0.25, 0.3) is 21.6 Å². The van der Waals surface area contributed by atoms with E-state index in [0.29, 0.717) is 42.0 Å². The number of fused-ring (bicyclic) bond motifs is 2. The summed E-state index contributed by atoms with van der Waals surface area (Å²) in [6.07, 6.45) is 11.4. The number of nitro groups is 1. The lowest BCUT2D eigenvalue weighted by Gasteiger charge is -2.44. The van der Waals surface area contributed by atoms with E-state index in [1.54, 1.807) is 41.7 Å². The summed E-state index contributed by atoms with van der Waals surface area (Å²) in [6.45, 7) is 13.4. The van der Waals surface area contributed by atoms with Crippen LogP contribution >= 0.6 is 0 Å². The molecule has 2 aromatic heterocycles. The van der Waals surface area contributed by atoms with Crippen LogP contribution in [0.3, 0.4) is 0 Å². The molecule has 14 nitrogen and oxygen atoms in total. The Morgan fingerprint density at radius 2 is 1.87 bits per heavy atom. The first-order valence-electron chi connectivity index (χ1n) is 21.4. The molecule has 5 aliphatic rings. The molecule has 3 N–H and O–H groups in total. The number of aromatic nitrogens is 2. The maximum atomic E-state index is 13.9. The quantitative estimate of drug-likeness (QED) is 0.0679. The molecule has 2 saturated heterocycles. The fourth-order valence-electron chi connectivity index (χ4n) is 10.3. The molecule has 4 aromatic rings. The number of pyridine rings is 1. The van der Waals surface area contributed by atoms with Crippen molar-refractivity contribution in [3.63, 3.8) is 0 Å². The maximum Gasteiger partial charge on any atom is 0.293 e. The molecule has 3 aliphatic carbocycles. The molecule has 0 radical (unpaired) electrons. The van der Waals surface area contributed by atoms with Crippen molar-refractivity contribution >= 4 is 44.0 Å². The molecular weight excluding hydrogens is 783 g/mol. The summed E-state index contributed by atoms with van der Waals surface area (Å²) in [5.74, 6) is 1.62. The van der Waals surface area contributed by atoms with Crippen LogP contribution in [-0.2, 0) is 14.8 Å². The van der Waals surface area contributed by atoms with Crippen molar-refractivity contribution in [2.75, 3.05) is 62.7 Å². The van der Waals surface area contributed by atoms with Gasteiger partial charge in [0.15, 0.2) is 0 Å². The molecule has 9 rings (SSSR count). The highest BCUT2D eigenvalue weighted by molar-refractivity contribution is 7.90. The second-order valence-electron chi connectivity index (χ2n) is 18.5. The third kappa shape index (κ3) is 8.11. The Bertz CT molecular complexity index is 2450. The average molecular weight is 838 g/mol. The fraction of sp³-hybridized carbons (Fsp3) is 0.511. The van der Waals surface area contributed by atoms with E-state index in [-0.39, 0.29) is 22.9 Å². The van der Waals surface area contributed by atoms with Crippen LogP contribution in [0.2, 0.25) is 0 Å². The first-order valence-corrected chi connectivity index (χ1v) is 22.9. The summed E-state index contributed by atoms with van der Waals surface area (Å²) in [6, 6.07) is 12.4. The maximum absolute atomic E-state index is 13.9. The van der Waals surface area contributed by atoms with Gasteiger partial charge in [-0.2, -0.15) is 0 Å². The summed E-state index contributed by atoms with van der Waals surface area (Å²) in [4.78, 5) is 37.3. The highest BCUT2D eigenvalue weighted by Gasteiger charge is 2.67. The fourth-order valence-corrected chi connectivity index (χ4v) is 11.3. The first kappa shape index (κ1) is 40.4. The molecular formula is C45H55N7O7S. The highest BCUT2D eigenvalue weighted by Crippen LogP contribution is 2.76. The number of benzene rings is 2. The number of sulfonamides is 1. The van der Waals surface area contributed by atoms with Gasteiger partial charge < -0.3 is 24.7 Å². The summed E-state index contributed by atoms with van der Waals surface area (Å²) < 4.78 is 41.2. The number of anilines is 2. The monoisotopic (exact) mass is 837 g/mol.